The van der Waals surface area contributed by atoms with Crippen molar-refractivity contribution in [2.75, 3.05) is 37.3 Å². The summed E-state index contributed by atoms with van der Waals surface area (Å²) in [5.41, 5.74) is 2.57. The quantitative estimate of drug-likeness (QED) is 0.642. The Balaban J connectivity index is 1.57. The van der Waals surface area contributed by atoms with Gasteiger partial charge in [0.05, 0.1) is 19.1 Å². The van der Waals surface area contributed by atoms with Crippen LogP contribution in [0.3, 0.4) is 0 Å². The lowest BCUT2D eigenvalue weighted by Gasteiger charge is -2.26. The minimum absolute atomic E-state index is 0.313. The molecule has 0 saturated carbocycles. The second kappa shape index (κ2) is 10.6. The normalized spacial score (nSPS) is 14.8. The molecule has 1 heterocycles. The van der Waals surface area contributed by atoms with Gasteiger partial charge in [0, 0.05) is 13.1 Å². The Kier molecular flexibility index (Phi) is 7.92. The number of hydrogen-bond acceptors (Lipinski definition) is 5. The fourth-order valence-corrected chi connectivity index (χ4v) is 4.60. The SMILES string of the molecule is COc1ccccc1N(CC(=O)NCc1ccc(CN2CCCCC2)cc1)S(C)(=O)=O. The van der Waals surface area contributed by atoms with Gasteiger partial charge in [-0.1, -0.05) is 42.8 Å². The number of methoxy groups -OCH3 is 1. The molecule has 0 bridgehead atoms. The van der Waals surface area contributed by atoms with Crippen molar-refractivity contribution < 1.29 is 17.9 Å². The number of amides is 1. The highest BCUT2D eigenvalue weighted by Crippen LogP contribution is 2.29. The Labute approximate surface area is 185 Å². The summed E-state index contributed by atoms with van der Waals surface area (Å²) in [6, 6.07) is 14.9. The lowest BCUT2D eigenvalue weighted by molar-refractivity contribution is -0.119. The van der Waals surface area contributed by atoms with Gasteiger partial charge in [-0.3, -0.25) is 14.0 Å². The number of anilines is 1. The van der Waals surface area contributed by atoms with Crippen molar-refractivity contribution >= 4 is 21.6 Å². The summed E-state index contributed by atoms with van der Waals surface area (Å²) < 4.78 is 30.9. The van der Waals surface area contributed by atoms with Gasteiger partial charge in [-0.2, -0.15) is 0 Å². The molecular formula is C23H31N3O4S. The molecule has 168 valence electrons. The van der Waals surface area contributed by atoms with E-state index in [1.165, 1.54) is 31.9 Å². The number of sulfonamides is 1. The summed E-state index contributed by atoms with van der Waals surface area (Å²) in [5, 5.41) is 2.81. The zero-order chi connectivity index (χ0) is 22.3. The van der Waals surface area contributed by atoms with Crippen LogP contribution < -0.4 is 14.4 Å². The van der Waals surface area contributed by atoms with E-state index in [4.69, 9.17) is 4.74 Å². The molecule has 1 amide bonds. The van der Waals surface area contributed by atoms with E-state index in [0.29, 0.717) is 18.0 Å². The van der Waals surface area contributed by atoms with Gasteiger partial charge in [-0.15, -0.1) is 0 Å². The number of piperidine rings is 1. The third kappa shape index (κ3) is 6.70. The van der Waals surface area contributed by atoms with E-state index in [9.17, 15) is 13.2 Å². The maximum atomic E-state index is 12.5. The third-order valence-corrected chi connectivity index (χ3v) is 6.54. The summed E-state index contributed by atoms with van der Waals surface area (Å²) in [5.74, 6) is 0.0127. The van der Waals surface area contributed by atoms with Crippen molar-refractivity contribution in [1.82, 2.24) is 10.2 Å². The molecule has 1 N–H and O–H groups in total. The van der Waals surface area contributed by atoms with Crippen LogP contribution in [0.15, 0.2) is 48.5 Å². The highest BCUT2D eigenvalue weighted by molar-refractivity contribution is 7.92. The van der Waals surface area contributed by atoms with Gasteiger partial charge in [0.25, 0.3) is 0 Å². The van der Waals surface area contributed by atoms with Crippen LogP contribution in [0.5, 0.6) is 5.75 Å². The molecule has 1 aliphatic rings. The minimum atomic E-state index is -3.66. The Morgan fingerprint density at radius 3 is 2.32 bits per heavy atom. The predicted molar refractivity (Wildman–Crippen MR) is 123 cm³/mol. The van der Waals surface area contributed by atoms with Crippen molar-refractivity contribution in [1.29, 1.82) is 0 Å². The monoisotopic (exact) mass is 445 g/mol. The Morgan fingerprint density at radius 1 is 1.03 bits per heavy atom. The molecule has 31 heavy (non-hydrogen) atoms. The highest BCUT2D eigenvalue weighted by atomic mass is 32.2. The van der Waals surface area contributed by atoms with Gasteiger partial charge >= 0.3 is 0 Å². The lowest BCUT2D eigenvalue weighted by atomic mass is 10.1. The first kappa shape index (κ1) is 23.1. The average Bonchev–Trinajstić information content (AvgIpc) is 2.77. The molecule has 1 saturated heterocycles. The van der Waals surface area contributed by atoms with Crippen molar-refractivity contribution in [3.8, 4) is 5.75 Å². The Hall–Kier alpha value is -2.58. The van der Waals surface area contributed by atoms with E-state index in [1.807, 2.05) is 12.1 Å². The number of ether oxygens (including phenoxy) is 1. The summed E-state index contributed by atoms with van der Waals surface area (Å²) in [6.07, 6.45) is 4.93. The second-order valence-electron chi connectivity index (χ2n) is 7.87. The van der Waals surface area contributed by atoms with Crippen LogP contribution in [0, 0.1) is 0 Å². The van der Waals surface area contributed by atoms with E-state index in [2.05, 4.69) is 22.3 Å². The number of para-hydroxylation sites is 2. The molecule has 0 aromatic heterocycles. The molecule has 0 radical (unpaired) electrons. The number of carbonyl (C=O) groups is 1. The second-order valence-corrected chi connectivity index (χ2v) is 9.78. The van der Waals surface area contributed by atoms with E-state index in [-0.39, 0.29) is 12.5 Å². The molecule has 3 rings (SSSR count). The smallest absolute Gasteiger partial charge is 0.241 e. The van der Waals surface area contributed by atoms with Crippen LogP contribution in [-0.2, 0) is 27.9 Å². The van der Waals surface area contributed by atoms with E-state index in [0.717, 1.165) is 35.8 Å². The fraction of sp³-hybridized carbons (Fsp3) is 0.435. The predicted octanol–water partition coefficient (Wildman–Crippen LogP) is 2.76. The van der Waals surface area contributed by atoms with Crippen molar-refractivity contribution in [3.63, 3.8) is 0 Å². The summed E-state index contributed by atoms with van der Waals surface area (Å²) in [6.45, 7) is 3.29. The van der Waals surface area contributed by atoms with E-state index in [1.54, 1.807) is 24.3 Å². The number of nitrogens with one attached hydrogen (secondary N) is 1. The van der Waals surface area contributed by atoms with E-state index >= 15 is 0 Å². The zero-order valence-electron chi connectivity index (χ0n) is 18.2. The summed E-state index contributed by atoms with van der Waals surface area (Å²) >= 11 is 0. The first-order valence-electron chi connectivity index (χ1n) is 10.5. The third-order valence-electron chi connectivity index (χ3n) is 5.41. The zero-order valence-corrected chi connectivity index (χ0v) is 19.0. The molecule has 0 unspecified atom stereocenters. The summed E-state index contributed by atoms with van der Waals surface area (Å²) in [4.78, 5) is 15.0. The van der Waals surface area contributed by atoms with Crippen molar-refractivity contribution in [2.45, 2.75) is 32.4 Å². The number of nitrogens with zero attached hydrogens (tertiary/aromatic N) is 2. The van der Waals surface area contributed by atoms with Gasteiger partial charge < -0.3 is 10.1 Å². The largest absolute Gasteiger partial charge is 0.495 e. The topological polar surface area (TPSA) is 79.0 Å². The lowest BCUT2D eigenvalue weighted by Crippen LogP contribution is -2.40. The molecule has 1 aliphatic heterocycles. The number of benzene rings is 2. The van der Waals surface area contributed by atoms with Crippen LogP contribution >= 0.6 is 0 Å². The fourth-order valence-electron chi connectivity index (χ4n) is 3.74. The maximum absolute atomic E-state index is 12.5. The molecule has 1 fully saturated rings. The average molecular weight is 446 g/mol. The number of rotatable bonds is 9. The molecule has 0 aliphatic carbocycles. The number of carbonyl (C=O) groups excluding carboxylic acids is 1. The van der Waals surface area contributed by atoms with E-state index < -0.39 is 10.0 Å². The van der Waals surface area contributed by atoms with Crippen LogP contribution in [0.2, 0.25) is 0 Å². The van der Waals surface area contributed by atoms with Crippen LogP contribution in [0.4, 0.5) is 5.69 Å². The van der Waals surface area contributed by atoms with Crippen LogP contribution in [0.1, 0.15) is 30.4 Å². The Morgan fingerprint density at radius 2 is 1.68 bits per heavy atom. The van der Waals surface area contributed by atoms with Gasteiger partial charge in [0.15, 0.2) is 0 Å². The Bertz CT molecular complexity index is 971. The van der Waals surface area contributed by atoms with Crippen molar-refractivity contribution in [2.24, 2.45) is 0 Å². The first-order chi connectivity index (χ1) is 14.9. The van der Waals surface area contributed by atoms with Gasteiger partial charge in [0.2, 0.25) is 15.9 Å². The molecule has 2 aromatic carbocycles. The minimum Gasteiger partial charge on any atom is -0.495 e. The standard InChI is InChI=1S/C23H31N3O4S/c1-30-22-9-5-4-8-21(22)26(31(2,28)29)18-23(27)24-16-19-10-12-20(13-11-19)17-25-14-6-3-7-15-25/h4-5,8-13H,3,6-7,14-18H2,1-2H3,(H,24,27). The molecular weight excluding hydrogens is 414 g/mol. The summed E-state index contributed by atoms with van der Waals surface area (Å²) in [7, 11) is -2.19. The molecule has 2 aromatic rings. The number of likely N-dealkylation sites (tertiary alicyclic amines) is 1. The molecule has 8 heteroatoms. The molecule has 7 nitrogen and oxygen atoms in total. The van der Waals surface area contributed by atoms with Gasteiger partial charge in [-0.05, 0) is 49.2 Å². The number of hydrogen-bond donors (Lipinski definition) is 1. The first-order valence-corrected chi connectivity index (χ1v) is 12.4. The van der Waals surface area contributed by atoms with Gasteiger partial charge in [0.1, 0.15) is 12.3 Å². The maximum Gasteiger partial charge on any atom is 0.241 e. The molecule has 0 spiro atoms. The van der Waals surface area contributed by atoms with Crippen molar-refractivity contribution in [3.05, 3.63) is 59.7 Å². The van der Waals surface area contributed by atoms with Crippen LogP contribution in [-0.4, -0.2) is 52.2 Å². The molecule has 0 atom stereocenters. The van der Waals surface area contributed by atoms with Crippen LogP contribution in [0.25, 0.3) is 0 Å². The van der Waals surface area contributed by atoms with Gasteiger partial charge in [-0.25, -0.2) is 8.42 Å². The highest BCUT2D eigenvalue weighted by Gasteiger charge is 2.23.